The predicted molar refractivity (Wildman–Crippen MR) is 73.6 cm³/mol. The van der Waals surface area contributed by atoms with Gasteiger partial charge in [0.1, 0.15) is 11.6 Å². The maximum absolute atomic E-state index is 11.0. The SMILES string of the molecule is NC1(COc2cccc(Cl)c2[N+](=O)[O-])CCCCC1. The van der Waals surface area contributed by atoms with Gasteiger partial charge >= 0.3 is 5.69 Å². The van der Waals surface area contributed by atoms with Crippen molar-refractivity contribution in [1.29, 1.82) is 0 Å². The van der Waals surface area contributed by atoms with Crippen LogP contribution in [0.1, 0.15) is 32.1 Å². The Labute approximate surface area is 116 Å². The predicted octanol–water partition coefficient (Wildman–Crippen LogP) is 3.29. The normalized spacial score (nSPS) is 18.0. The van der Waals surface area contributed by atoms with Gasteiger partial charge in [-0.3, -0.25) is 10.1 Å². The van der Waals surface area contributed by atoms with Crippen LogP contribution in [0.5, 0.6) is 5.75 Å². The van der Waals surface area contributed by atoms with E-state index in [0.29, 0.717) is 0 Å². The summed E-state index contributed by atoms with van der Waals surface area (Å²) in [5.41, 5.74) is 5.67. The summed E-state index contributed by atoms with van der Waals surface area (Å²) < 4.78 is 5.57. The highest BCUT2D eigenvalue weighted by atomic mass is 35.5. The summed E-state index contributed by atoms with van der Waals surface area (Å²) in [6.07, 6.45) is 5.13. The van der Waals surface area contributed by atoms with Crippen LogP contribution in [-0.2, 0) is 0 Å². The molecule has 1 aliphatic rings. The van der Waals surface area contributed by atoms with Gasteiger partial charge in [0.2, 0.25) is 0 Å². The lowest BCUT2D eigenvalue weighted by Gasteiger charge is -2.32. The highest BCUT2D eigenvalue weighted by molar-refractivity contribution is 6.32. The molecule has 0 unspecified atom stereocenters. The molecule has 2 rings (SSSR count). The first kappa shape index (κ1) is 14.1. The molecule has 1 aliphatic carbocycles. The quantitative estimate of drug-likeness (QED) is 0.680. The van der Waals surface area contributed by atoms with E-state index in [0.717, 1.165) is 25.7 Å². The number of benzene rings is 1. The summed E-state index contributed by atoms with van der Waals surface area (Å²) in [6.45, 7) is 0.286. The van der Waals surface area contributed by atoms with Crippen molar-refractivity contribution in [3.05, 3.63) is 33.3 Å². The van der Waals surface area contributed by atoms with Crippen LogP contribution in [-0.4, -0.2) is 17.1 Å². The molecule has 0 radical (unpaired) electrons. The van der Waals surface area contributed by atoms with E-state index in [9.17, 15) is 10.1 Å². The lowest BCUT2D eigenvalue weighted by atomic mass is 9.83. The largest absolute Gasteiger partial charge is 0.485 e. The van der Waals surface area contributed by atoms with E-state index in [4.69, 9.17) is 22.1 Å². The second-order valence-corrected chi connectivity index (χ2v) is 5.46. The van der Waals surface area contributed by atoms with Crippen molar-refractivity contribution in [2.24, 2.45) is 5.73 Å². The summed E-state index contributed by atoms with van der Waals surface area (Å²) in [4.78, 5) is 10.5. The van der Waals surface area contributed by atoms with Crippen LogP contribution in [0.4, 0.5) is 5.69 Å². The van der Waals surface area contributed by atoms with E-state index < -0.39 is 4.92 Å². The van der Waals surface area contributed by atoms with E-state index in [1.54, 1.807) is 12.1 Å². The number of hydrogen-bond acceptors (Lipinski definition) is 4. The fraction of sp³-hybridized carbons (Fsp3) is 0.538. The van der Waals surface area contributed by atoms with Gasteiger partial charge in [0.15, 0.2) is 5.75 Å². The zero-order valence-corrected chi connectivity index (χ0v) is 11.4. The summed E-state index contributed by atoms with van der Waals surface area (Å²) >= 11 is 5.83. The van der Waals surface area contributed by atoms with Gasteiger partial charge in [-0.1, -0.05) is 36.9 Å². The van der Waals surface area contributed by atoms with E-state index in [2.05, 4.69) is 0 Å². The van der Waals surface area contributed by atoms with Crippen LogP contribution in [0.25, 0.3) is 0 Å². The molecular formula is C13H17ClN2O3. The minimum absolute atomic E-state index is 0.0808. The second-order valence-electron chi connectivity index (χ2n) is 5.06. The number of hydrogen-bond donors (Lipinski definition) is 1. The number of ether oxygens (including phenoxy) is 1. The van der Waals surface area contributed by atoms with E-state index >= 15 is 0 Å². The minimum Gasteiger partial charge on any atom is -0.485 e. The zero-order valence-electron chi connectivity index (χ0n) is 10.6. The topological polar surface area (TPSA) is 78.4 Å². The fourth-order valence-electron chi connectivity index (χ4n) is 2.41. The molecule has 0 aromatic heterocycles. The van der Waals surface area contributed by atoms with Gasteiger partial charge in [0, 0.05) is 0 Å². The van der Waals surface area contributed by atoms with Crippen molar-refractivity contribution in [1.82, 2.24) is 0 Å². The van der Waals surface area contributed by atoms with Crippen LogP contribution in [0.2, 0.25) is 5.02 Å². The van der Waals surface area contributed by atoms with Gasteiger partial charge in [-0.15, -0.1) is 0 Å². The Morgan fingerprint density at radius 1 is 1.37 bits per heavy atom. The standard InChI is InChI=1S/C13H17ClN2O3/c14-10-5-4-6-11(12(10)16(17)18)19-9-13(15)7-2-1-3-8-13/h4-6H,1-3,7-9,15H2. The Balaban J connectivity index is 2.11. The molecule has 0 amide bonds. The van der Waals surface area contributed by atoms with Gasteiger partial charge in [-0.05, 0) is 25.0 Å². The number of para-hydroxylation sites is 1. The molecule has 0 saturated heterocycles. The van der Waals surface area contributed by atoms with Crippen LogP contribution in [0.3, 0.4) is 0 Å². The van der Waals surface area contributed by atoms with Crippen LogP contribution in [0, 0.1) is 10.1 Å². The molecule has 1 fully saturated rings. The van der Waals surface area contributed by atoms with Crippen LogP contribution in [0.15, 0.2) is 18.2 Å². The van der Waals surface area contributed by atoms with Crippen molar-refractivity contribution in [2.75, 3.05) is 6.61 Å². The first-order valence-corrected chi connectivity index (χ1v) is 6.74. The van der Waals surface area contributed by atoms with Crippen molar-refractivity contribution in [3.63, 3.8) is 0 Å². The Morgan fingerprint density at radius 2 is 2.05 bits per heavy atom. The molecule has 1 aromatic carbocycles. The Hall–Kier alpha value is -1.33. The lowest BCUT2D eigenvalue weighted by Crippen LogP contribution is -2.47. The van der Waals surface area contributed by atoms with E-state index in [1.165, 1.54) is 12.5 Å². The molecule has 0 bridgehead atoms. The first-order valence-electron chi connectivity index (χ1n) is 6.36. The van der Waals surface area contributed by atoms with Crippen molar-refractivity contribution >= 4 is 17.3 Å². The zero-order chi connectivity index (χ0) is 13.9. The molecule has 1 saturated carbocycles. The molecule has 19 heavy (non-hydrogen) atoms. The highest BCUT2D eigenvalue weighted by Gasteiger charge is 2.29. The summed E-state index contributed by atoms with van der Waals surface area (Å²) in [5.74, 6) is 0.188. The van der Waals surface area contributed by atoms with E-state index in [-0.39, 0.29) is 28.6 Å². The smallest absolute Gasteiger partial charge is 0.329 e. The van der Waals surface area contributed by atoms with Crippen LogP contribution < -0.4 is 10.5 Å². The summed E-state index contributed by atoms with van der Waals surface area (Å²) in [5, 5.41) is 11.1. The first-order chi connectivity index (χ1) is 9.02. The highest BCUT2D eigenvalue weighted by Crippen LogP contribution is 2.35. The van der Waals surface area contributed by atoms with Crippen LogP contribution >= 0.6 is 11.6 Å². The van der Waals surface area contributed by atoms with Crippen molar-refractivity contribution in [2.45, 2.75) is 37.6 Å². The number of nitro benzene ring substituents is 1. The Bertz CT molecular complexity index is 473. The third kappa shape index (κ3) is 3.36. The molecule has 5 nitrogen and oxygen atoms in total. The molecule has 0 aliphatic heterocycles. The molecule has 1 aromatic rings. The van der Waals surface area contributed by atoms with Gasteiger partial charge in [-0.2, -0.15) is 0 Å². The number of nitrogens with zero attached hydrogens (tertiary/aromatic N) is 1. The van der Waals surface area contributed by atoms with Crippen molar-refractivity contribution in [3.8, 4) is 5.75 Å². The number of nitro groups is 1. The van der Waals surface area contributed by atoms with Gasteiger partial charge in [-0.25, -0.2) is 0 Å². The molecule has 0 atom stereocenters. The number of nitrogens with two attached hydrogens (primary N) is 1. The maximum Gasteiger partial charge on any atom is 0.329 e. The average molecular weight is 285 g/mol. The fourth-order valence-corrected chi connectivity index (χ4v) is 2.65. The Morgan fingerprint density at radius 3 is 2.68 bits per heavy atom. The van der Waals surface area contributed by atoms with Gasteiger partial charge < -0.3 is 10.5 Å². The van der Waals surface area contributed by atoms with Gasteiger partial charge in [0.05, 0.1) is 10.5 Å². The monoisotopic (exact) mass is 284 g/mol. The summed E-state index contributed by atoms with van der Waals surface area (Å²) in [7, 11) is 0. The Kier molecular flexibility index (Phi) is 4.27. The van der Waals surface area contributed by atoms with E-state index in [1.807, 2.05) is 0 Å². The summed E-state index contributed by atoms with van der Waals surface area (Å²) in [6, 6.07) is 4.66. The number of halogens is 1. The second kappa shape index (κ2) is 5.75. The third-order valence-corrected chi connectivity index (χ3v) is 3.80. The number of rotatable bonds is 4. The minimum atomic E-state index is -0.526. The molecule has 6 heteroatoms. The molecule has 2 N–H and O–H groups in total. The average Bonchev–Trinajstić information content (AvgIpc) is 2.37. The third-order valence-electron chi connectivity index (χ3n) is 3.50. The maximum atomic E-state index is 11.0. The molecular weight excluding hydrogens is 268 g/mol. The molecule has 0 heterocycles. The lowest BCUT2D eigenvalue weighted by molar-refractivity contribution is -0.385. The molecule has 104 valence electrons. The van der Waals surface area contributed by atoms with Gasteiger partial charge in [0.25, 0.3) is 0 Å². The molecule has 0 spiro atoms. The van der Waals surface area contributed by atoms with Crippen molar-refractivity contribution < 1.29 is 9.66 Å².